The lowest BCUT2D eigenvalue weighted by Crippen LogP contribution is -2.54. The number of likely N-dealkylation sites (N-methyl/N-ethyl adjacent to an activating group) is 1. The topological polar surface area (TPSA) is 78.9 Å². The van der Waals surface area contributed by atoms with E-state index in [0.29, 0.717) is 22.3 Å². The van der Waals surface area contributed by atoms with Crippen molar-refractivity contribution >= 4 is 27.8 Å². The Hall–Kier alpha value is -1.60. The van der Waals surface area contributed by atoms with Crippen LogP contribution in [0.25, 0.3) is 0 Å². The molecule has 1 fully saturated rings. The summed E-state index contributed by atoms with van der Waals surface area (Å²) in [7, 11) is 1.56. The van der Waals surface area contributed by atoms with E-state index in [1.54, 1.807) is 25.3 Å². The van der Waals surface area contributed by atoms with Gasteiger partial charge in [0.15, 0.2) is 0 Å². The maximum Gasteiger partial charge on any atom is 0.317 e. The Kier molecular flexibility index (Phi) is 6.01. The zero-order valence-electron chi connectivity index (χ0n) is 13.2. The van der Waals surface area contributed by atoms with Gasteiger partial charge in [-0.15, -0.1) is 0 Å². The van der Waals surface area contributed by atoms with Gasteiger partial charge in [0.2, 0.25) is 0 Å². The van der Waals surface area contributed by atoms with Crippen molar-refractivity contribution < 1.29 is 19.4 Å². The number of carbonyl (C=O) groups is 2. The van der Waals surface area contributed by atoms with E-state index in [4.69, 9.17) is 9.84 Å². The SMILES string of the molecule is CCN(CC(=O)O)C1CC(NC(=O)c2cc(OC)ccc2Br)C1. The molecular formula is C16H21BrN2O4. The number of benzene rings is 1. The Morgan fingerprint density at radius 3 is 2.70 bits per heavy atom. The number of aliphatic carboxylic acids is 1. The van der Waals surface area contributed by atoms with Crippen molar-refractivity contribution in [2.45, 2.75) is 31.8 Å². The van der Waals surface area contributed by atoms with Crippen LogP contribution in [-0.2, 0) is 4.79 Å². The molecule has 0 aromatic heterocycles. The van der Waals surface area contributed by atoms with E-state index in [2.05, 4.69) is 21.2 Å². The lowest BCUT2D eigenvalue weighted by atomic mass is 9.85. The first-order valence-electron chi connectivity index (χ1n) is 7.54. The molecule has 23 heavy (non-hydrogen) atoms. The van der Waals surface area contributed by atoms with Crippen LogP contribution in [0.5, 0.6) is 5.75 Å². The van der Waals surface area contributed by atoms with Gasteiger partial charge in [-0.1, -0.05) is 6.92 Å². The number of methoxy groups -OCH3 is 1. The number of ether oxygens (including phenoxy) is 1. The Balaban J connectivity index is 1.90. The number of nitrogens with zero attached hydrogens (tertiary/aromatic N) is 1. The number of carboxylic acid groups (broad SMARTS) is 1. The van der Waals surface area contributed by atoms with Crippen LogP contribution in [0, 0.1) is 0 Å². The smallest absolute Gasteiger partial charge is 0.317 e. The summed E-state index contributed by atoms with van der Waals surface area (Å²) in [5, 5.41) is 11.9. The van der Waals surface area contributed by atoms with Gasteiger partial charge in [0.25, 0.3) is 5.91 Å². The quantitative estimate of drug-likeness (QED) is 0.752. The number of halogens is 1. The predicted octanol–water partition coefficient (Wildman–Crippen LogP) is 2.13. The first-order chi connectivity index (χ1) is 10.9. The van der Waals surface area contributed by atoms with E-state index in [1.807, 2.05) is 11.8 Å². The third-order valence-corrected chi connectivity index (χ3v) is 4.82. The first-order valence-corrected chi connectivity index (χ1v) is 8.34. The van der Waals surface area contributed by atoms with Gasteiger partial charge in [0.1, 0.15) is 5.75 Å². The Labute approximate surface area is 143 Å². The third kappa shape index (κ3) is 4.45. The summed E-state index contributed by atoms with van der Waals surface area (Å²) in [6.45, 7) is 2.69. The van der Waals surface area contributed by atoms with Crippen LogP contribution in [0.1, 0.15) is 30.1 Å². The van der Waals surface area contributed by atoms with Gasteiger partial charge in [0, 0.05) is 16.6 Å². The monoisotopic (exact) mass is 384 g/mol. The number of rotatable bonds is 7. The van der Waals surface area contributed by atoms with Crippen LogP contribution in [0.15, 0.2) is 22.7 Å². The van der Waals surface area contributed by atoms with Gasteiger partial charge in [-0.3, -0.25) is 14.5 Å². The molecule has 0 saturated heterocycles. The number of hydrogen-bond acceptors (Lipinski definition) is 4. The molecule has 1 aliphatic rings. The summed E-state index contributed by atoms with van der Waals surface area (Å²) in [5.41, 5.74) is 0.533. The Bertz CT molecular complexity index is 587. The van der Waals surface area contributed by atoms with Gasteiger partial charge in [-0.25, -0.2) is 0 Å². The fraction of sp³-hybridized carbons (Fsp3) is 0.500. The van der Waals surface area contributed by atoms with Crippen LogP contribution in [0.2, 0.25) is 0 Å². The normalized spacial score (nSPS) is 20.0. The highest BCUT2D eigenvalue weighted by molar-refractivity contribution is 9.10. The fourth-order valence-electron chi connectivity index (χ4n) is 2.75. The molecule has 1 saturated carbocycles. The lowest BCUT2D eigenvalue weighted by molar-refractivity contribution is -0.139. The largest absolute Gasteiger partial charge is 0.497 e. The van der Waals surface area contributed by atoms with Gasteiger partial charge >= 0.3 is 5.97 Å². The summed E-state index contributed by atoms with van der Waals surface area (Å²) < 4.78 is 5.86. The molecule has 1 aliphatic carbocycles. The van der Waals surface area contributed by atoms with Crippen molar-refractivity contribution in [3.8, 4) is 5.75 Å². The van der Waals surface area contributed by atoms with E-state index in [-0.39, 0.29) is 24.5 Å². The molecule has 2 N–H and O–H groups in total. The van der Waals surface area contributed by atoms with Crippen LogP contribution < -0.4 is 10.1 Å². The second-order valence-electron chi connectivity index (χ2n) is 5.60. The van der Waals surface area contributed by atoms with Crippen molar-refractivity contribution in [2.24, 2.45) is 0 Å². The molecule has 0 aliphatic heterocycles. The van der Waals surface area contributed by atoms with E-state index in [0.717, 1.165) is 12.8 Å². The minimum atomic E-state index is -0.820. The summed E-state index contributed by atoms with van der Waals surface area (Å²) in [5.74, 6) is -0.344. The van der Waals surface area contributed by atoms with Crippen molar-refractivity contribution in [1.82, 2.24) is 10.2 Å². The summed E-state index contributed by atoms with van der Waals surface area (Å²) in [6.07, 6.45) is 1.54. The molecule has 126 valence electrons. The maximum atomic E-state index is 12.4. The molecule has 1 aromatic rings. The molecule has 7 heteroatoms. The molecule has 6 nitrogen and oxygen atoms in total. The molecule has 1 amide bonds. The van der Waals surface area contributed by atoms with Crippen LogP contribution in [0.3, 0.4) is 0 Å². The van der Waals surface area contributed by atoms with Gasteiger partial charge in [-0.2, -0.15) is 0 Å². The molecular weight excluding hydrogens is 364 g/mol. The molecule has 0 bridgehead atoms. The fourth-order valence-corrected chi connectivity index (χ4v) is 3.17. The molecule has 0 unspecified atom stereocenters. The minimum absolute atomic E-state index is 0.0449. The molecule has 0 radical (unpaired) electrons. The number of hydrogen-bond donors (Lipinski definition) is 2. The molecule has 1 aromatic carbocycles. The van der Waals surface area contributed by atoms with E-state index in [9.17, 15) is 9.59 Å². The Morgan fingerprint density at radius 2 is 2.13 bits per heavy atom. The number of amides is 1. The highest BCUT2D eigenvalue weighted by atomic mass is 79.9. The van der Waals surface area contributed by atoms with Gasteiger partial charge in [-0.05, 0) is 53.5 Å². The standard InChI is InChI=1S/C16H21BrN2O4/c1-3-19(9-15(20)21)11-6-10(7-11)18-16(22)13-8-12(23-2)4-5-14(13)17/h4-5,8,10-11H,3,6-7,9H2,1-2H3,(H,18,22)(H,20,21). The van der Waals surface area contributed by atoms with Crippen LogP contribution in [-0.4, -0.2) is 54.2 Å². The van der Waals surface area contributed by atoms with Crippen LogP contribution in [0.4, 0.5) is 0 Å². The van der Waals surface area contributed by atoms with E-state index < -0.39 is 5.97 Å². The van der Waals surface area contributed by atoms with Crippen molar-refractivity contribution in [3.05, 3.63) is 28.2 Å². The number of carboxylic acids is 1. The average molecular weight is 385 g/mol. The second-order valence-corrected chi connectivity index (χ2v) is 6.45. The number of carbonyl (C=O) groups excluding carboxylic acids is 1. The minimum Gasteiger partial charge on any atom is -0.497 e. The molecule has 0 atom stereocenters. The maximum absolute atomic E-state index is 12.4. The summed E-state index contributed by atoms with van der Waals surface area (Å²) in [6, 6.07) is 5.55. The van der Waals surface area contributed by atoms with Gasteiger partial charge in [0.05, 0.1) is 19.2 Å². The van der Waals surface area contributed by atoms with E-state index >= 15 is 0 Å². The molecule has 2 rings (SSSR count). The summed E-state index contributed by atoms with van der Waals surface area (Å²) in [4.78, 5) is 25.1. The zero-order valence-corrected chi connectivity index (χ0v) is 14.8. The van der Waals surface area contributed by atoms with Crippen LogP contribution >= 0.6 is 15.9 Å². The average Bonchev–Trinajstić information content (AvgIpc) is 2.48. The molecule has 0 spiro atoms. The second kappa shape index (κ2) is 7.79. The number of nitrogens with one attached hydrogen (secondary N) is 1. The predicted molar refractivity (Wildman–Crippen MR) is 89.9 cm³/mol. The Morgan fingerprint density at radius 1 is 1.43 bits per heavy atom. The zero-order chi connectivity index (χ0) is 17.0. The lowest BCUT2D eigenvalue weighted by Gasteiger charge is -2.42. The highest BCUT2D eigenvalue weighted by Gasteiger charge is 2.35. The highest BCUT2D eigenvalue weighted by Crippen LogP contribution is 2.27. The van der Waals surface area contributed by atoms with Crippen molar-refractivity contribution in [1.29, 1.82) is 0 Å². The van der Waals surface area contributed by atoms with Crippen molar-refractivity contribution in [2.75, 3.05) is 20.2 Å². The third-order valence-electron chi connectivity index (χ3n) is 4.13. The van der Waals surface area contributed by atoms with Gasteiger partial charge < -0.3 is 15.2 Å². The first kappa shape index (κ1) is 17.7. The summed E-state index contributed by atoms with van der Waals surface area (Å²) >= 11 is 3.37. The molecule has 0 heterocycles. The van der Waals surface area contributed by atoms with E-state index in [1.165, 1.54) is 0 Å². The van der Waals surface area contributed by atoms with Crippen molar-refractivity contribution in [3.63, 3.8) is 0 Å².